The fraction of sp³-hybridized carbons (Fsp3) is 0.600. The molecule has 1 saturated heterocycles. The lowest BCUT2D eigenvalue weighted by Gasteiger charge is -2.34. The van der Waals surface area contributed by atoms with Crippen LogP contribution in [-0.2, 0) is 6.42 Å². The largest absolute Gasteiger partial charge is 0.460 e. The summed E-state index contributed by atoms with van der Waals surface area (Å²) in [6.07, 6.45) is 7.88. The maximum absolute atomic E-state index is 6.15. The maximum atomic E-state index is 6.15. The predicted octanol–water partition coefficient (Wildman–Crippen LogP) is 2.41. The molecule has 0 aromatic carbocycles. The standard InChI is InChI=1S/C25H36B2N8O/c1-5-6-20(21(26)27)36-25-31-22(28)24-30-14-19(35(24)32-25)12-18-11-16(2)23(29-13-18)34-9-7-17(8-10-34)15-33(3)4/h11,13-14,17,20-21H,5-10,12,15H2,1-4H3,(H2,28,31,32). The molecule has 0 bridgehead atoms. The zero-order chi connectivity index (χ0) is 25.8. The van der Waals surface area contributed by atoms with E-state index in [1.807, 2.05) is 13.1 Å². The van der Waals surface area contributed by atoms with Crippen molar-refractivity contribution in [2.75, 3.05) is 44.4 Å². The first kappa shape index (κ1) is 26.3. The highest BCUT2D eigenvalue weighted by Gasteiger charge is 2.22. The van der Waals surface area contributed by atoms with E-state index in [4.69, 9.17) is 31.1 Å². The number of nitrogen functional groups attached to an aromatic ring is 1. The number of piperidine rings is 1. The fourth-order valence-electron chi connectivity index (χ4n) is 4.95. The van der Waals surface area contributed by atoms with Crippen LogP contribution >= 0.6 is 0 Å². The average molecular weight is 486 g/mol. The third-order valence-electron chi connectivity index (χ3n) is 6.73. The van der Waals surface area contributed by atoms with Gasteiger partial charge >= 0.3 is 6.01 Å². The number of anilines is 2. The molecule has 1 atom stereocenters. The molecule has 0 aliphatic carbocycles. The number of hydrogen-bond donors (Lipinski definition) is 1. The van der Waals surface area contributed by atoms with Crippen molar-refractivity contribution < 1.29 is 4.74 Å². The first-order valence-corrected chi connectivity index (χ1v) is 12.8. The van der Waals surface area contributed by atoms with E-state index in [1.54, 1.807) is 10.7 Å². The third-order valence-corrected chi connectivity index (χ3v) is 6.73. The van der Waals surface area contributed by atoms with Gasteiger partial charge in [-0.3, -0.25) is 0 Å². The summed E-state index contributed by atoms with van der Waals surface area (Å²) in [7, 11) is 16.0. The summed E-state index contributed by atoms with van der Waals surface area (Å²) in [5.74, 6) is 2.07. The zero-order valence-electron chi connectivity index (χ0n) is 21.9. The van der Waals surface area contributed by atoms with Crippen molar-refractivity contribution in [1.82, 2.24) is 29.5 Å². The molecule has 1 aliphatic heterocycles. The van der Waals surface area contributed by atoms with Crippen molar-refractivity contribution >= 4 is 33.0 Å². The van der Waals surface area contributed by atoms with Crippen LogP contribution in [0.25, 0.3) is 5.65 Å². The predicted molar refractivity (Wildman–Crippen MR) is 145 cm³/mol. The molecule has 36 heavy (non-hydrogen) atoms. The normalized spacial score (nSPS) is 15.8. The molecule has 188 valence electrons. The second-order valence-corrected chi connectivity index (χ2v) is 10.1. The molecule has 1 unspecified atom stereocenters. The minimum Gasteiger partial charge on any atom is -0.460 e. The Balaban J connectivity index is 1.49. The van der Waals surface area contributed by atoms with E-state index >= 15 is 0 Å². The van der Waals surface area contributed by atoms with Crippen LogP contribution in [0.3, 0.4) is 0 Å². The molecule has 4 radical (unpaired) electrons. The van der Waals surface area contributed by atoms with Gasteiger partial charge in [-0.15, -0.1) is 5.10 Å². The van der Waals surface area contributed by atoms with E-state index in [2.05, 4.69) is 52.0 Å². The van der Waals surface area contributed by atoms with E-state index in [-0.39, 0.29) is 11.8 Å². The summed E-state index contributed by atoms with van der Waals surface area (Å²) in [5.41, 5.74) is 9.12. The summed E-state index contributed by atoms with van der Waals surface area (Å²) in [6.45, 7) is 7.41. The molecule has 2 N–H and O–H groups in total. The van der Waals surface area contributed by atoms with Gasteiger partial charge in [-0.25, -0.2) is 14.5 Å². The summed E-state index contributed by atoms with van der Waals surface area (Å²) < 4.78 is 7.57. The summed E-state index contributed by atoms with van der Waals surface area (Å²) in [6, 6.07) is 2.33. The Labute approximate surface area is 216 Å². The summed E-state index contributed by atoms with van der Waals surface area (Å²) in [5, 5.41) is 4.54. The van der Waals surface area contributed by atoms with Crippen LogP contribution in [-0.4, -0.2) is 85.0 Å². The van der Waals surface area contributed by atoms with E-state index < -0.39 is 11.8 Å². The lowest BCUT2D eigenvalue weighted by Crippen LogP contribution is -2.37. The van der Waals surface area contributed by atoms with Gasteiger partial charge in [0.25, 0.3) is 0 Å². The number of pyridine rings is 1. The number of ether oxygens (including phenoxy) is 1. The Morgan fingerprint density at radius 3 is 2.58 bits per heavy atom. The van der Waals surface area contributed by atoms with Crippen molar-refractivity contribution in [3.8, 4) is 6.01 Å². The van der Waals surface area contributed by atoms with Crippen LogP contribution in [0, 0.1) is 12.8 Å². The minimum atomic E-state index is -0.640. The fourth-order valence-corrected chi connectivity index (χ4v) is 4.95. The average Bonchev–Trinajstić information content (AvgIpc) is 3.22. The van der Waals surface area contributed by atoms with Crippen LogP contribution in [0.5, 0.6) is 6.01 Å². The number of nitrogens with zero attached hydrogens (tertiary/aromatic N) is 7. The SMILES string of the molecule is [B]C([B])C(CCC)Oc1nc(N)c2ncc(Cc3cnc(N4CCC(CN(C)C)CC4)c(C)c3)n2n1. The molecular formula is C25H36B2N8O. The molecule has 1 fully saturated rings. The van der Waals surface area contributed by atoms with Crippen LogP contribution < -0.4 is 15.4 Å². The van der Waals surface area contributed by atoms with Crippen molar-refractivity contribution in [3.63, 3.8) is 0 Å². The Kier molecular flexibility index (Phi) is 8.39. The highest BCUT2D eigenvalue weighted by atomic mass is 16.5. The lowest BCUT2D eigenvalue weighted by molar-refractivity contribution is 0.182. The van der Waals surface area contributed by atoms with Crippen LogP contribution in [0.4, 0.5) is 11.6 Å². The highest BCUT2D eigenvalue weighted by molar-refractivity contribution is 6.35. The Bertz CT molecular complexity index is 1160. The number of rotatable bonds is 10. The quantitative estimate of drug-likeness (QED) is 0.437. The highest BCUT2D eigenvalue weighted by Crippen LogP contribution is 2.26. The van der Waals surface area contributed by atoms with E-state index in [0.29, 0.717) is 18.5 Å². The van der Waals surface area contributed by atoms with Crippen molar-refractivity contribution in [1.29, 1.82) is 0 Å². The van der Waals surface area contributed by atoms with Crippen LogP contribution in [0.2, 0.25) is 5.72 Å². The Morgan fingerprint density at radius 1 is 1.19 bits per heavy atom. The molecule has 1 aliphatic rings. The molecule has 9 nitrogen and oxygen atoms in total. The Morgan fingerprint density at radius 2 is 1.94 bits per heavy atom. The Hall–Kier alpha value is -2.81. The first-order chi connectivity index (χ1) is 17.2. The lowest BCUT2D eigenvalue weighted by atomic mass is 9.66. The van der Waals surface area contributed by atoms with Crippen molar-refractivity contribution in [3.05, 3.63) is 35.3 Å². The smallest absolute Gasteiger partial charge is 0.336 e. The van der Waals surface area contributed by atoms with Gasteiger partial charge in [0.2, 0.25) is 0 Å². The number of aromatic nitrogens is 5. The molecule has 4 rings (SSSR count). The van der Waals surface area contributed by atoms with Gasteiger partial charge in [0.1, 0.15) is 5.82 Å². The minimum absolute atomic E-state index is 0.140. The topological polar surface area (TPSA) is 97.7 Å². The molecule has 4 heterocycles. The third kappa shape index (κ3) is 6.11. The van der Waals surface area contributed by atoms with Gasteiger partial charge in [0.05, 0.1) is 33.7 Å². The van der Waals surface area contributed by atoms with E-state index in [1.165, 1.54) is 18.4 Å². The molecule has 0 saturated carbocycles. The van der Waals surface area contributed by atoms with E-state index in [9.17, 15) is 0 Å². The number of imidazole rings is 1. The number of nitrogens with two attached hydrogens (primary N) is 1. The molecule has 3 aromatic rings. The second-order valence-electron chi connectivity index (χ2n) is 10.1. The van der Waals surface area contributed by atoms with Crippen LogP contribution in [0.15, 0.2) is 18.5 Å². The summed E-state index contributed by atoms with van der Waals surface area (Å²) in [4.78, 5) is 18.2. The van der Waals surface area contributed by atoms with Gasteiger partial charge in [-0.1, -0.05) is 25.1 Å². The van der Waals surface area contributed by atoms with Crippen LogP contribution in [0.1, 0.15) is 49.4 Å². The molecule has 0 spiro atoms. The van der Waals surface area contributed by atoms with Gasteiger partial charge < -0.3 is 20.3 Å². The van der Waals surface area contributed by atoms with Gasteiger partial charge in [0.15, 0.2) is 11.5 Å². The van der Waals surface area contributed by atoms with Gasteiger partial charge in [0, 0.05) is 32.3 Å². The first-order valence-electron chi connectivity index (χ1n) is 12.8. The second kappa shape index (κ2) is 11.5. The molecule has 0 amide bonds. The number of hydrogen-bond acceptors (Lipinski definition) is 8. The molecule has 3 aromatic heterocycles. The molecule has 11 heteroatoms. The van der Waals surface area contributed by atoms with Gasteiger partial charge in [-0.2, -0.15) is 4.98 Å². The van der Waals surface area contributed by atoms with E-state index in [0.717, 1.165) is 49.0 Å². The van der Waals surface area contributed by atoms with Gasteiger partial charge in [-0.05, 0) is 57.3 Å². The summed E-state index contributed by atoms with van der Waals surface area (Å²) >= 11 is 0. The van der Waals surface area contributed by atoms with Crippen molar-refractivity contribution in [2.45, 2.75) is 57.8 Å². The maximum Gasteiger partial charge on any atom is 0.336 e. The van der Waals surface area contributed by atoms with Crippen molar-refractivity contribution in [2.24, 2.45) is 5.92 Å². The number of fused-ring (bicyclic) bond motifs is 1. The zero-order valence-corrected chi connectivity index (χ0v) is 21.9. The monoisotopic (exact) mass is 486 g/mol. The number of aryl methyl sites for hydroxylation is 1. The molecular weight excluding hydrogens is 450 g/mol.